The monoisotopic (exact) mass is 444 g/mol. The number of nitrogens with one attached hydrogen (secondary N) is 1. The van der Waals surface area contributed by atoms with Gasteiger partial charge in [0, 0.05) is 34.5 Å². The van der Waals surface area contributed by atoms with Crippen molar-refractivity contribution in [2.24, 2.45) is 0 Å². The zero-order valence-corrected chi connectivity index (χ0v) is 18.5. The number of benzene rings is 2. The molecule has 0 bridgehead atoms. The Hall–Kier alpha value is -3.15. The summed E-state index contributed by atoms with van der Waals surface area (Å²) in [5, 5.41) is 4.91. The van der Waals surface area contributed by atoms with Gasteiger partial charge in [-0.2, -0.15) is 0 Å². The highest BCUT2D eigenvalue weighted by Crippen LogP contribution is 2.42. The Kier molecular flexibility index (Phi) is 5.22. The largest absolute Gasteiger partial charge is 0.351 e. The SMILES string of the molecule is Cc1cccc(N2C(=S)NC(c3ccccn3)C2c2cccn2-c2cccc(Cl)c2)c1. The topological polar surface area (TPSA) is 33.1 Å². The van der Waals surface area contributed by atoms with Gasteiger partial charge >= 0.3 is 0 Å². The van der Waals surface area contributed by atoms with E-state index in [0.29, 0.717) is 10.1 Å². The second kappa shape index (κ2) is 8.17. The number of thiocarbonyl (C=S) groups is 1. The molecule has 154 valence electrons. The van der Waals surface area contributed by atoms with Gasteiger partial charge in [0.15, 0.2) is 5.11 Å². The summed E-state index contributed by atoms with van der Waals surface area (Å²) in [7, 11) is 0. The zero-order valence-electron chi connectivity index (χ0n) is 16.9. The fourth-order valence-corrected chi connectivity index (χ4v) is 4.74. The summed E-state index contributed by atoms with van der Waals surface area (Å²) in [6.07, 6.45) is 3.88. The lowest BCUT2D eigenvalue weighted by atomic mass is 10.0. The van der Waals surface area contributed by atoms with Crippen molar-refractivity contribution >= 4 is 34.6 Å². The molecular formula is C25H21ClN4S. The van der Waals surface area contributed by atoms with Crippen LogP contribution in [0.2, 0.25) is 5.02 Å². The number of anilines is 1. The van der Waals surface area contributed by atoms with Gasteiger partial charge in [0.25, 0.3) is 0 Å². The van der Waals surface area contributed by atoms with E-state index < -0.39 is 0 Å². The van der Waals surface area contributed by atoms with Crippen LogP contribution in [0.5, 0.6) is 0 Å². The van der Waals surface area contributed by atoms with Crippen LogP contribution >= 0.6 is 23.8 Å². The predicted molar refractivity (Wildman–Crippen MR) is 130 cm³/mol. The van der Waals surface area contributed by atoms with Crippen LogP contribution in [0.15, 0.2) is 91.3 Å². The molecular weight excluding hydrogens is 424 g/mol. The third-order valence-corrected chi connectivity index (χ3v) is 6.10. The average molecular weight is 445 g/mol. The molecule has 4 aromatic rings. The number of pyridine rings is 1. The first-order chi connectivity index (χ1) is 15.1. The van der Waals surface area contributed by atoms with Crippen molar-refractivity contribution in [1.82, 2.24) is 14.9 Å². The average Bonchev–Trinajstić information content (AvgIpc) is 3.38. The van der Waals surface area contributed by atoms with E-state index in [9.17, 15) is 0 Å². The molecule has 0 spiro atoms. The lowest BCUT2D eigenvalue weighted by molar-refractivity contribution is 0.549. The van der Waals surface area contributed by atoms with Gasteiger partial charge in [-0.1, -0.05) is 35.9 Å². The van der Waals surface area contributed by atoms with Gasteiger partial charge in [0.1, 0.15) is 6.04 Å². The summed E-state index contributed by atoms with van der Waals surface area (Å²) in [5.41, 5.74) is 5.30. The minimum absolute atomic E-state index is 0.0850. The van der Waals surface area contributed by atoms with Gasteiger partial charge in [0.05, 0.1) is 11.7 Å². The van der Waals surface area contributed by atoms with Crippen LogP contribution in [0.3, 0.4) is 0 Å². The van der Waals surface area contributed by atoms with Gasteiger partial charge in [-0.05, 0) is 79.3 Å². The molecule has 0 aliphatic carbocycles. The van der Waals surface area contributed by atoms with Gasteiger partial charge in [-0.25, -0.2) is 0 Å². The maximum Gasteiger partial charge on any atom is 0.174 e. The van der Waals surface area contributed by atoms with E-state index in [4.69, 9.17) is 23.8 Å². The maximum atomic E-state index is 6.30. The molecule has 1 fully saturated rings. The van der Waals surface area contributed by atoms with Crippen molar-refractivity contribution in [3.05, 3.63) is 113 Å². The molecule has 0 radical (unpaired) electrons. The van der Waals surface area contributed by atoms with Gasteiger partial charge in [-0.3, -0.25) is 4.98 Å². The normalized spacial score (nSPS) is 18.3. The van der Waals surface area contributed by atoms with E-state index in [1.54, 1.807) is 0 Å². The van der Waals surface area contributed by atoms with Crippen molar-refractivity contribution in [2.45, 2.75) is 19.0 Å². The van der Waals surface area contributed by atoms with Crippen molar-refractivity contribution in [3.8, 4) is 5.69 Å². The molecule has 31 heavy (non-hydrogen) atoms. The van der Waals surface area contributed by atoms with E-state index >= 15 is 0 Å². The van der Waals surface area contributed by atoms with Crippen molar-refractivity contribution in [3.63, 3.8) is 0 Å². The highest BCUT2D eigenvalue weighted by atomic mass is 35.5. The number of rotatable bonds is 4. The fraction of sp³-hybridized carbons (Fsp3) is 0.120. The summed E-state index contributed by atoms with van der Waals surface area (Å²) < 4.78 is 2.17. The smallest absolute Gasteiger partial charge is 0.174 e. The van der Waals surface area contributed by atoms with Gasteiger partial charge < -0.3 is 14.8 Å². The van der Waals surface area contributed by atoms with E-state index in [-0.39, 0.29) is 12.1 Å². The number of hydrogen-bond donors (Lipinski definition) is 1. The lowest BCUT2D eigenvalue weighted by Crippen LogP contribution is -2.30. The third kappa shape index (κ3) is 3.71. The molecule has 4 nitrogen and oxygen atoms in total. The van der Waals surface area contributed by atoms with Crippen LogP contribution in [-0.2, 0) is 0 Å². The molecule has 0 amide bonds. The number of nitrogens with zero attached hydrogens (tertiary/aromatic N) is 3. The summed E-state index contributed by atoms with van der Waals surface area (Å²) >= 11 is 12.1. The lowest BCUT2D eigenvalue weighted by Gasteiger charge is -2.29. The number of aromatic nitrogens is 2. The summed E-state index contributed by atoms with van der Waals surface area (Å²) in [6.45, 7) is 2.09. The summed E-state index contributed by atoms with van der Waals surface area (Å²) in [4.78, 5) is 6.83. The molecule has 5 rings (SSSR count). The highest BCUT2D eigenvalue weighted by Gasteiger charge is 2.42. The molecule has 2 aromatic heterocycles. The van der Waals surface area contributed by atoms with Crippen LogP contribution in [0.25, 0.3) is 5.69 Å². The Morgan fingerprint density at radius 3 is 2.55 bits per heavy atom. The molecule has 6 heteroatoms. The minimum Gasteiger partial charge on any atom is -0.351 e. The van der Waals surface area contributed by atoms with Crippen LogP contribution in [0.1, 0.15) is 29.0 Å². The minimum atomic E-state index is -0.0953. The number of aryl methyl sites for hydroxylation is 1. The van der Waals surface area contributed by atoms with Crippen LogP contribution in [-0.4, -0.2) is 14.7 Å². The molecule has 1 saturated heterocycles. The highest BCUT2D eigenvalue weighted by molar-refractivity contribution is 7.80. The standard InChI is InChI=1S/C25H21ClN4S/c1-17-7-4-10-20(15-17)30-24(23(28-25(30)31)21-11-2-3-13-27-21)22-12-6-14-29(22)19-9-5-8-18(26)16-19/h2-16,23-24H,1H3,(H,28,31). The molecule has 1 aliphatic heterocycles. The summed E-state index contributed by atoms with van der Waals surface area (Å²) in [6, 6.07) is 26.3. The van der Waals surface area contributed by atoms with E-state index in [1.807, 2.05) is 42.6 Å². The Balaban J connectivity index is 1.68. The second-order valence-corrected chi connectivity index (χ2v) is 8.44. The molecule has 1 N–H and O–H groups in total. The quantitative estimate of drug-likeness (QED) is 0.391. The van der Waals surface area contributed by atoms with Gasteiger partial charge in [0.2, 0.25) is 0 Å². The van der Waals surface area contributed by atoms with Crippen LogP contribution in [0.4, 0.5) is 5.69 Å². The Labute approximate surface area is 192 Å². The Morgan fingerprint density at radius 1 is 0.935 bits per heavy atom. The molecule has 3 heterocycles. The molecule has 2 atom stereocenters. The third-order valence-electron chi connectivity index (χ3n) is 5.55. The first-order valence-corrected chi connectivity index (χ1v) is 10.9. The Bertz CT molecular complexity index is 1240. The molecule has 0 saturated carbocycles. The van der Waals surface area contributed by atoms with Crippen LogP contribution < -0.4 is 10.2 Å². The number of hydrogen-bond acceptors (Lipinski definition) is 2. The fourth-order valence-electron chi connectivity index (χ4n) is 4.21. The van der Waals surface area contributed by atoms with E-state index in [2.05, 4.69) is 75.4 Å². The zero-order chi connectivity index (χ0) is 21.4. The van der Waals surface area contributed by atoms with E-state index in [0.717, 1.165) is 22.8 Å². The van der Waals surface area contributed by atoms with E-state index in [1.165, 1.54) is 5.56 Å². The molecule has 1 aliphatic rings. The first-order valence-electron chi connectivity index (χ1n) is 10.1. The maximum absolute atomic E-state index is 6.30. The number of halogens is 1. The Morgan fingerprint density at radius 2 is 1.77 bits per heavy atom. The second-order valence-electron chi connectivity index (χ2n) is 7.62. The molecule has 2 unspecified atom stereocenters. The van der Waals surface area contributed by atoms with Crippen molar-refractivity contribution in [2.75, 3.05) is 4.90 Å². The molecule has 2 aromatic carbocycles. The first kappa shape index (κ1) is 19.8. The van der Waals surface area contributed by atoms with Crippen LogP contribution in [0, 0.1) is 6.92 Å². The van der Waals surface area contributed by atoms with Gasteiger partial charge in [-0.15, -0.1) is 0 Å². The van der Waals surface area contributed by atoms with Crippen molar-refractivity contribution < 1.29 is 0 Å². The summed E-state index contributed by atoms with van der Waals surface area (Å²) in [5.74, 6) is 0. The predicted octanol–water partition coefficient (Wildman–Crippen LogP) is 6.01. The van der Waals surface area contributed by atoms with Crippen molar-refractivity contribution in [1.29, 1.82) is 0 Å².